The number of carboxylic acid groups (broad SMARTS) is 1. The molecule has 0 aliphatic heterocycles. The van der Waals surface area contributed by atoms with Gasteiger partial charge in [-0.05, 0) is 32.1 Å². The minimum atomic E-state index is -0.656. The zero-order valence-electron chi connectivity index (χ0n) is 19.1. The molecule has 2 heteroatoms. The third-order valence-electron chi connectivity index (χ3n) is 5.65. The molecule has 0 unspecified atom stereocenters. The number of unbranched alkanes of at least 4 members (excludes halogenated alkanes) is 19. The topological polar surface area (TPSA) is 37.3 Å². The van der Waals surface area contributed by atoms with E-state index in [2.05, 4.69) is 19.1 Å². The second-order valence-electron chi connectivity index (χ2n) is 8.56. The molecule has 0 aliphatic carbocycles. The van der Waals surface area contributed by atoms with E-state index in [4.69, 9.17) is 5.11 Å². The summed E-state index contributed by atoms with van der Waals surface area (Å²) in [5, 5.41) is 8.58. The van der Waals surface area contributed by atoms with Crippen LogP contribution >= 0.6 is 0 Å². The summed E-state index contributed by atoms with van der Waals surface area (Å²) in [5.41, 5.74) is 0. The van der Waals surface area contributed by atoms with Crippen molar-refractivity contribution in [2.24, 2.45) is 0 Å². The van der Waals surface area contributed by atoms with Gasteiger partial charge in [-0.15, -0.1) is 0 Å². The Morgan fingerprint density at radius 1 is 0.536 bits per heavy atom. The summed E-state index contributed by atoms with van der Waals surface area (Å²) in [6.45, 7) is 2.29. The van der Waals surface area contributed by atoms with Crippen molar-refractivity contribution >= 4 is 5.97 Å². The van der Waals surface area contributed by atoms with E-state index in [0.717, 1.165) is 12.8 Å². The summed E-state index contributed by atoms with van der Waals surface area (Å²) in [6.07, 6.45) is 33.0. The van der Waals surface area contributed by atoms with Gasteiger partial charge >= 0.3 is 5.97 Å². The monoisotopic (exact) mass is 394 g/mol. The standard InChI is InChI=1S/C26H50O2/c1-2-3-4-5-6-7-8-9-10-11-12-13-14-15-16-17-18-19-20-21-22-23-24-25-26(27)28/h14-15H,2-13,16-25H2,1H3,(H,27,28). The third-order valence-corrected chi connectivity index (χ3v) is 5.65. The molecule has 0 atom stereocenters. The molecule has 0 amide bonds. The van der Waals surface area contributed by atoms with Crippen molar-refractivity contribution in [3.63, 3.8) is 0 Å². The van der Waals surface area contributed by atoms with E-state index in [1.807, 2.05) is 0 Å². The van der Waals surface area contributed by atoms with Crippen LogP contribution in [-0.4, -0.2) is 11.1 Å². The first kappa shape index (κ1) is 27.2. The fraction of sp³-hybridized carbons (Fsp3) is 0.885. The lowest BCUT2D eigenvalue weighted by atomic mass is 10.0. The first-order chi connectivity index (χ1) is 13.8. The Labute approximate surface area is 176 Å². The fourth-order valence-electron chi connectivity index (χ4n) is 3.76. The summed E-state index contributed by atoms with van der Waals surface area (Å²) < 4.78 is 0. The summed E-state index contributed by atoms with van der Waals surface area (Å²) >= 11 is 0. The molecular formula is C26H50O2. The molecule has 0 rings (SSSR count). The van der Waals surface area contributed by atoms with Crippen LogP contribution in [0.3, 0.4) is 0 Å². The van der Waals surface area contributed by atoms with E-state index < -0.39 is 5.97 Å². The van der Waals surface area contributed by atoms with Crippen molar-refractivity contribution in [3.05, 3.63) is 12.2 Å². The molecule has 1 N–H and O–H groups in total. The summed E-state index contributed by atoms with van der Waals surface area (Å²) in [4.78, 5) is 10.4. The van der Waals surface area contributed by atoms with E-state index in [-0.39, 0.29) is 0 Å². The number of hydrogen-bond acceptors (Lipinski definition) is 1. The largest absolute Gasteiger partial charge is 0.481 e. The maximum Gasteiger partial charge on any atom is 0.303 e. The predicted molar refractivity (Wildman–Crippen MR) is 124 cm³/mol. The molecule has 0 aromatic carbocycles. The van der Waals surface area contributed by atoms with Crippen molar-refractivity contribution in [2.45, 2.75) is 148 Å². The van der Waals surface area contributed by atoms with Gasteiger partial charge in [0.1, 0.15) is 0 Å². The molecule has 0 spiro atoms. The molecule has 0 bridgehead atoms. The Balaban J connectivity index is 3.08. The molecule has 0 aromatic heterocycles. The Morgan fingerprint density at radius 2 is 0.857 bits per heavy atom. The van der Waals surface area contributed by atoms with Crippen molar-refractivity contribution in [1.29, 1.82) is 0 Å². The van der Waals surface area contributed by atoms with Crippen LogP contribution in [0.4, 0.5) is 0 Å². The molecule has 0 saturated heterocycles. The van der Waals surface area contributed by atoms with Crippen molar-refractivity contribution in [1.82, 2.24) is 0 Å². The van der Waals surface area contributed by atoms with Gasteiger partial charge in [-0.1, -0.05) is 122 Å². The molecule has 0 radical (unpaired) electrons. The van der Waals surface area contributed by atoms with E-state index in [9.17, 15) is 4.79 Å². The maximum atomic E-state index is 10.4. The number of aliphatic carboxylic acids is 1. The van der Waals surface area contributed by atoms with E-state index in [1.54, 1.807) is 0 Å². The molecule has 166 valence electrons. The zero-order chi connectivity index (χ0) is 20.5. The fourth-order valence-corrected chi connectivity index (χ4v) is 3.76. The minimum Gasteiger partial charge on any atom is -0.481 e. The Kier molecular flexibility index (Phi) is 23.6. The van der Waals surface area contributed by atoms with Crippen molar-refractivity contribution in [3.8, 4) is 0 Å². The molecule has 0 saturated carbocycles. The summed E-state index contributed by atoms with van der Waals surface area (Å²) in [5.74, 6) is -0.656. The molecule has 2 nitrogen and oxygen atoms in total. The normalized spacial score (nSPS) is 11.5. The lowest BCUT2D eigenvalue weighted by molar-refractivity contribution is -0.137. The second kappa shape index (κ2) is 24.2. The Bertz CT molecular complexity index is 335. The third kappa shape index (κ3) is 25.2. The molecule has 28 heavy (non-hydrogen) atoms. The quantitative estimate of drug-likeness (QED) is 0.138. The van der Waals surface area contributed by atoms with Crippen LogP contribution in [0.5, 0.6) is 0 Å². The average Bonchev–Trinajstić information content (AvgIpc) is 2.68. The molecule has 0 aromatic rings. The molecule has 0 fully saturated rings. The van der Waals surface area contributed by atoms with Gasteiger partial charge in [0.25, 0.3) is 0 Å². The maximum absolute atomic E-state index is 10.4. The number of carbonyl (C=O) groups is 1. The highest BCUT2D eigenvalue weighted by Gasteiger charge is 1.96. The first-order valence-corrected chi connectivity index (χ1v) is 12.6. The van der Waals surface area contributed by atoms with Crippen LogP contribution in [0, 0.1) is 0 Å². The highest BCUT2D eigenvalue weighted by Crippen LogP contribution is 2.13. The van der Waals surface area contributed by atoms with Crippen LogP contribution in [0.25, 0.3) is 0 Å². The lowest BCUT2D eigenvalue weighted by Crippen LogP contribution is -1.93. The Morgan fingerprint density at radius 3 is 1.21 bits per heavy atom. The van der Waals surface area contributed by atoms with Crippen molar-refractivity contribution < 1.29 is 9.90 Å². The number of carboxylic acids is 1. The summed E-state index contributed by atoms with van der Waals surface area (Å²) in [6, 6.07) is 0. The summed E-state index contributed by atoms with van der Waals surface area (Å²) in [7, 11) is 0. The van der Waals surface area contributed by atoms with Gasteiger partial charge < -0.3 is 5.11 Å². The Hall–Kier alpha value is -0.790. The van der Waals surface area contributed by atoms with Crippen LogP contribution in [0.1, 0.15) is 148 Å². The second-order valence-corrected chi connectivity index (χ2v) is 8.56. The molecule has 0 heterocycles. The average molecular weight is 395 g/mol. The predicted octanol–water partition coefficient (Wildman–Crippen LogP) is 9.23. The van der Waals surface area contributed by atoms with E-state index >= 15 is 0 Å². The van der Waals surface area contributed by atoms with Gasteiger partial charge in [-0.25, -0.2) is 0 Å². The highest BCUT2D eigenvalue weighted by molar-refractivity contribution is 5.66. The van der Waals surface area contributed by atoms with Gasteiger partial charge in [-0.2, -0.15) is 0 Å². The number of allylic oxidation sites excluding steroid dienone is 2. The first-order valence-electron chi connectivity index (χ1n) is 12.6. The molecular weight excluding hydrogens is 344 g/mol. The van der Waals surface area contributed by atoms with Crippen LogP contribution in [0.2, 0.25) is 0 Å². The van der Waals surface area contributed by atoms with E-state index in [1.165, 1.54) is 122 Å². The van der Waals surface area contributed by atoms with E-state index in [0.29, 0.717) is 6.42 Å². The SMILES string of the molecule is CCCCCCCCCCCCCC=CCCCCCCCCCCC(=O)O. The lowest BCUT2D eigenvalue weighted by Gasteiger charge is -2.02. The van der Waals surface area contributed by atoms with Gasteiger partial charge in [0.2, 0.25) is 0 Å². The van der Waals surface area contributed by atoms with Crippen LogP contribution in [0.15, 0.2) is 12.2 Å². The van der Waals surface area contributed by atoms with Gasteiger partial charge in [0.05, 0.1) is 0 Å². The van der Waals surface area contributed by atoms with Gasteiger partial charge in [0, 0.05) is 6.42 Å². The van der Waals surface area contributed by atoms with Crippen LogP contribution < -0.4 is 0 Å². The molecule has 0 aliphatic rings. The zero-order valence-corrected chi connectivity index (χ0v) is 19.1. The number of hydrogen-bond donors (Lipinski definition) is 1. The smallest absolute Gasteiger partial charge is 0.303 e. The van der Waals surface area contributed by atoms with Crippen LogP contribution in [-0.2, 0) is 4.79 Å². The highest BCUT2D eigenvalue weighted by atomic mass is 16.4. The number of rotatable bonds is 23. The van der Waals surface area contributed by atoms with Gasteiger partial charge in [0.15, 0.2) is 0 Å². The van der Waals surface area contributed by atoms with Crippen molar-refractivity contribution in [2.75, 3.05) is 0 Å². The van der Waals surface area contributed by atoms with Gasteiger partial charge in [-0.3, -0.25) is 4.79 Å². The minimum absolute atomic E-state index is 0.339.